The maximum absolute atomic E-state index is 4.16. The average molecular weight is 242 g/mol. The molecule has 0 atom stereocenters. The summed E-state index contributed by atoms with van der Waals surface area (Å²) >= 11 is 0. The molecule has 3 aliphatic heterocycles. The minimum absolute atomic E-state index is 0.892. The first-order valence-corrected chi connectivity index (χ1v) is 7.26. The van der Waals surface area contributed by atoms with Gasteiger partial charge in [0.25, 0.3) is 0 Å². The highest BCUT2D eigenvalue weighted by Crippen LogP contribution is 2.31. The molecule has 0 amide bonds. The number of hydrogen-bond acceptors (Lipinski definition) is 2. The van der Waals surface area contributed by atoms with Crippen molar-refractivity contribution in [1.29, 1.82) is 0 Å². The Morgan fingerprint density at radius 3 is 2.67 bits per heavy atom. The van der Waals surface area contributed by atoms with Crippen molar-refractivity contribution < 1.29 is 0 Å². The van der Waals surface area contributed by atoms with Gasteiger partial charge in [-0.1, -0.05) is 12.1 Å². The molecule has 0 saturated carbocycles. The third-order valence-corrected chi connectivity index (χ3v) is 4.25. The van der Waals surface area contributed by atoms with Crippen LogP contribution in [0.2, 0.25) is 0 Å². The van der Waals surface area contributed by atoms with Gasteiger partial charge in [0.2, 0.25) is 0 Å². The molecule has 4 rings (SSSR count). The zero-order valence-corrected chi connectivity index (χ0v) is 11.0. The Bertz CT molecular complexity index is 402. The summed E-state index contributed by atoms with van der Waals surface area (Å²) in [6.07, 6.45) is 14.2. The maximum Gasteiger partial charge on any atom is 0.0299 e. The van der Waals surface area contributed by atoms with E-state index in [2.05, 4.69) is 22.0 Å². The second kappa shape index (κ2) is 5.55. The highest BCUT2D eigenvalue weighted by Gasteiger charge is 2.25. The van der Waals surface area contributed by atoms with Gasteiger partial charge in [-0.15, -0.1) is 0 Å². The molecule has 0 aliphatic carbocycles. The van der Waals surface area contributed by atoms with Crippen LogP contribution in [0.25, 0.3) is 0 Å². The fourth-order valence-electron chi connectivity index (χ4n) is 3.15. The largest absolute Gasteiger partial charge is 0.375 e. The molecular weight excluding hydrogens is 220 g/mol. The third kappa shape index (κ3) is 2.74. The zero-order chi connectivity index (χ0) is 12.2. The van der Waals surface area contributed by atoms with E-state index >= 15 is 0 Å². The highest BCUT2D eigenvalue weighted by molar-refractivity contribution is 5.12. The summed E-state index contributed by atoms with van der Waals surface area (Å²) in [6.45, 7) is 2.61. The van der Waals surface area contributed by atoms with Gasteiger partial charge in [0.05, 0.1) is 0 Å². The van der Waals surface area contributed by atoms with Crippen molar-refractivity contribution in [2.24, 2.45) is 5.92 Å². The smallest absolute Gasteiger partial charge is 0.0299 e. The van der Waals surface area contributed by atoms with E-state index < -0.39 is 0 Å². The molecule has 2 nitrogen and oxygen atoms in total. The SMILES string of the molecule is C1=C(CCCCc2cccnc2)N2CCC1CC2. The van der Waals surface area contributed by atoms with Crippen LogP contribution in [0.15, 0.2) is 36.3 Å². The molecule has 1 aromatic heterocycles. The number of unbranched alkanes of at least 4 members (excludes halogenated alkanes) is 1. The Labute approximate surface area is 110 Å². The maximum atomic E-state index is 4.16. The molecule has 2 bridgehead atoms. The molecule has 18 heavy (non-hydrogen) atoms. The average Bonchev–Trinajstić information content (AvgIpc) is 2.46. The first kappa shape index (κ1) is 11.8. The van der Waals surface area contributed by atoms with E-state index in [0.29, 0.717) is 0 Å². The van der Waals surface area contributed by atoms with Gasteiger partial charge in [-0.25, -0.2) is 0 Å². The lowest BCUT2D eigenvalue weighted by molar-refractivity contribution is 0.211. The third-order valence-electron chi connectivity index (χ3n) is 4.25. The second-order valence-electron chi connectivity index (χ2n) is 5.55. The van der Waals surface area contributed by atoms with E-state index in [4.69, 9.17) is 0 Å². The fraction of sp³-hybridized carbons (Fsp3) is 0.562. The quantitative estimate of drug-likeness (QED) is 0.736. The van der Waals surface area contributed by atoms with Gasteiger partial charge < -0.3 is 4.90 Å². The van der Waals surface area contributed by atoms with Crippen LogP contribution >= 0.6 is 0 Å². The first-order chi connectivity index (χ1) is 8.92. The number of piperidine rings is 1. The Morgan fingerprint density at radius 1 is 1.17 bits per heavy atom. The number of allylic oxidation sites excluding steroid dienone is 2. The van der Waals surface area contributed by atoms with E-state index in [1.807, 2.05) is 18.5 Å². The van der Waals surface area contributed by atoms with Gasteiger partial charge in [-0.2, -0.15) is 0 Å². The lowest BCUT2D eigenvalue weighted by atomic mass is 9.89. The standard InChI is InChI=1S/C16H22N2/c1(4-15-5-3-9-17-13-15)2-6-16-12-14-7-10-18(16)11-8-14/h3,5,9,12-14H,1-2,4,6-8,10-11H2. The Balaban J connectivity index is 1.43. The van der Waals surface area contributed by atoms with Crippen molar-refractivity contribution >= 4 is 0 Å². The van der Waals surface area contributed by atoms with Gasteiger partial charge in [0.1, 0.15) is 0 Å². The highest BCUT2D eigenvalue weighted by atomic mass is 15.1. The van der Waals surface area contributed by atoms with Crippen molar-refractivity contribution in [3.8, 4) is 0 Å². The van der Waals surface area contributed by atoms with E-state index in [1.54, 1.807) is 5.70 Å². The predicted octanol–water partition coefficient (Wildman–Crippen LogP) is 3.40. The number of hydrogen-bond donors (Lipinski definition) is 0. The van der Waals surface area contributed by atoms with E-state index in [-0.39, 0.29) is 0 Å². The molecule has 0 spiro atoms. The van der Waals surface area contributed by atoms with Crippen molar-refractivity contribution in [2.75, 3.05) is 13.1 Å². The summed E-state index contributed by atoms with van der Waals surface area (Å²) in [5, 5.41) is 0. The lowest BCUT2D eigenvalue weighted by Gasteiger charge is -2.40. The van der Waals surface area contributed by atoms with Crippen LogP contribution in [0.4, 0.5) is 0 Å². The Morgan fingerprint density at radius 2 is 2.00 bits per heavy atom. The molecule has 3 aliphatic rings. The van der Waals surface area contributed by atoms with E-state index in [0.717, 1.165) is 5.92 Å². The number of nitrogens with zero attached hydrogens (tertiary/aromatic N) is 2. The van der Waals surface area contributed by atoms with Crippen LogP contribution in [-0.4, -0.2) is 23.0 Å². The number of pyridine rings is 1. The number of fused-ring (bicyclic) bond motifs is 2. The summed E-state index contributed by atoms with van der Waals surface area (Å²) in [6, 6.07) is 4.21. The van der Waals surface area contributed by atoms with Crippen LogP contribution in [0.5, 0.6) is 0 Å². The molecule has 0 radical (unpaired) electrons. The summed E-state index contributed by atoms with van der Waals surface area (Å²) in [5.74, 6) is 0.892. The van der Waals surface area contributed by atoms with Gasteiger partial charge in [0, 0.05) is 31.2 Å². The van der Waals surface area contributed by atoms with Crippen LogP contribution in [0, 0.1) is 5.92 Å². The molecular formula is C16H22N2. The topological polar surface area (TPSA) is 16.1 Å². The molecule has 2 heteroatoms. The number of aryl methyl sites for hydroxylation is 1. The summed E-state index contributed by atoms with van der Waals surface area (Å²) in [7, 11) is 0. The van der Waals surface area contributed by atoms with Crippen molar-refractivity contribution in [3.05, 3.63) is 41.9 Å². The molecule has 0 N–H and O–H groups in total. The molecule has 0 aromatic carbocycles. The predicted molar refractivity (Wildman–Crippen MR) is 74.2 cm³/mol. The van der Waals surface area contributed by atoms with Crippen molar-refractivity contribution in [2.45, 2.75) is 38.5 Å². The van der Waals surface area contributed by atoms with Gasteiger partial charge >= 0.3 is 0 Å². The summed E-state index contributed by atoms with van der Waals surface area (Å²) < 4.78 is 0. The number of aromatic nitrogens is 1. The van der Waals surface area contributed by atoms with E-state index in [9.17, 15) is 0 Å². The number of rotatable bonds is 5. The summed E-state index contributed by atoms with van der Waals surface area (Å²) in [5.41, 5.74) is 3.00. The Hall–Kier alpha value is -1.31. The molecule has 4 heterocycles. The van der Waals surface area contributed by atoms with Crippen LogP contribution in [-0.2, 0) is 6.42 Å². The Kier molecular flexibility index (Phi) is 3.63. The minimum Gasteiger partial charge on any atom is -0.375 e. The molecule has 96 valence electrons. The van der Waals surface area contributed by atoms with Crippen LogP contribution < -0.4 is 0 Å². The van der Waals surface area contributed by atoms with Crippen LogP contribution in [0.1, 0.15) is 37.7 Å². The summed E-state index contributed by atoms with van der Waals surface area (Å²) in [4.78, 5) is 6.77. The van der Waals surface area contributed by atoms with Crippen LogP contribution in [0.3, 0.4) is 0 Å². The molecule has 1 saturated heterocycles. The first-order valence-electron chi connectivity index (χ1n) is 7.26. The second-order valence-corrected chi connectivity index (χ2v) is 5.55. The van der Waals surface area contributed by atoms with E-state index in [1.165, 1.54) is 57.2 Å². The molecule has 1 fully saturated rings. The zero-order valence-electron chi connectivity index (χ0n) is 11.0. The fourth-order valence-corrected chi connectivity index (χ4v) is 3.15. The monoisotopic (exact) mass is 242 g/mol. The van der Waals surface area contributed by atoms with Gasteiger partial charge in [-0.05, 0) is 56.1 Å². The van der Waals surface area contributed by atoms with Crippen molar-refractivity contribution in [1.82, 2.24) is 9.88 Å². The molecule has 1 aromatic rings. The lowest BCUT2D eigenvalue weighted by Crippen LogP contribution is -2.37. The molecule has 0 unspecified atom stereocenters. The minimum atomic E-state index is 0.892. The van der Waals surface area contributed by atoms with Crippen molar-refractivity contribution in [3.63, 3.8) is 0 Å². The van der Waals surface area contributed by atoms with Gasteiger partial charge in [0.15, 0.2) is 0 Å². The van der Waals surface area contributed by atoms with Gasteiger partial charge in [-0.3, -0.25) is 4.98 Å². The normalized spacial score (nSPS) is 19.1.